The average molecular weight is 1590 g/mol. The Morgan fingerprint density at radius 3 is 0.766 bits per heavy atom. The van der Waals surface area contributed by atoms with E-state index in [1.165, 1.54) is 148 Å². The van der Waals surface area contributed by atoms with Gasteiger partial charge in [0.15, 0.2) is 6.10 Å². The van der Waals surface area contributed by atoms with E-state index in [4.69, 9.17) is 32.3 Å². The first-order valence-electron chi connectivity index (χ1n) is 43.8. The minimum atomic E-state index is -4.95. The highest BCUT2D eigenvalue weighted by Gasteiger charge is 2.29. The number of carbonyl (C=O) groups excluding carboxylic acids is 3. The number of allylic oxidation sites excluding steroid dienone is 26. The van der Waals surface area contributed by atoms with Crippen LogP contribution in [0.2, 0.25) is 0 Å². The Kier molecular flexibility index (Phi) is 80.9. The van der Waals surface area contributed by atoms with Gasteiger partial charge in [-0.05, 0) is 154 Å². The highest BCUT2D eigenvalue weighted by Crippen LogP contribution is 2.45. The fraction of sp³-hybridized carbons (Fsp3) is 0.688. The zero-order valence-corrected chi connectivity index (χ0v) is 71.6. The first kappa shape index (κ1) is 106. The van der Waals surface area contributed by atoms with E-state index in [0.29, 0.717) is 19.3 Å². The summed E-state index contributed by atoms with van der Waals surface area (Å²) in [6.07, 6.45) is 107. The predicted molar refractivity (Wildman–Crippen MR) is 463 cm³/mol. The second-order valence-corrected chi connectivity index (χ2v) is 31.9. The average Bonchev–Trinajstić information content (AvgIpc) is 0.901. The summed E-state index contributed by atoms with van der Waals surface area (Å²) in [6.45, 7) is 2.49. The third kappa shape index (κ3) is 85.9. The first-order chi connectivity index (χ1) is 54.2. The van der Waals surface area contributed by atoms with Gasteiger partial charge in [-0.1, -0.05) is 339 Å². The molecule has 0 heterocycles. The largest absolute Gasteiger partial charge is 0.472 e. The molecule has 18 heteroatoms. The number of esters is 3. The van der Waals surface area contributed by atoms with E-state index in [-0.39, 0.29) is 19.3 Å². The van der Waals surface area contributed by atoms with Crippen molar-refractivity contribution in [3.63, 3.8) is 0 Å². The molecule has 0 radical (unpaired) electrons. The lowest BCUT2D eigenvalue weighted by atomic mass is 10.0. The number of aliphatic hydroxyl groups excluding tert-OH is 2. The van der Waals surface area contributed by atoms with Crippen molar-refractivity contribution in [3.8, 4) is 0 Å². The Hall–Kier alpha value is -4.83. The molecule has 0 bridgehead atoms. The van der Waals surface area contributed by atoms with E-state index in [0.717, 1.165) is 148 Å². The summed E-state index contributed by atoms with van der Waals surface area (Å²) in [5, 5.41) is 20.7. The Morgan fingerprint density at radius 2 is 0.477 bits per heavy atom. The number of unbranched alkanes of at least 4 members (excludes halogenated alkanes) is 33. The third-order valence-corrected chi connectivity index (χ3v) is 20.1. The molecular weight excluding hydrogens is 1430 g/mol. The smallest absolute Gasteiger partial charge is 0.463 e. The molecule has 4 N–H and O–H groups in total. The van der Waals surface area contributed by atoms with Crippen LogP contribution in [0.25, 0.3) is 0 Å². The molecule has 0 rings (SSSR count). The number of phosphoric ester groups is 2. The van der Waals surface area contributed by atoms with Gasteiger partial charge in [0, 0.05) is 19.3 Å². The summed E-state index contributed by atoms with van der Waals surface area (Å²) in [4.78, 5) is 58.9. The number of rotatable bonds is 82. The summed E-state index contributed by atoms with van der Waals surface area (Å²) in [7, 11) is -9.82. The van der Waals surface area contributed by atoms with Crippen molar-refractivity contribution in [3.05, 3.63) is 158 Å². The Morgan fingerprint density at radius 1 is 0.261 bits per heavy atom. The zero-order valence-electron chi connectivity index (χ0n) is 69.8. The Bertz CT molecular complexity index is 2650. The molecule has 0 saturated carbocycles. The number of carbonyl (C=O) groups is 3. The van der Waals surface area contributed by atoms with Crippen LogP contribution in [0.3, 0.4) is 0 Å². The topological polar surface area (TPSA) is 231 Å². The van der Waals surface area contributed by atoms with Crippen LogP contribution in [-0.4, -0.2) is 95.9 Å². The highest BCUT2D eigenvalue weighted by molar-refractivity contribution is 7.47. The lowest BCUT2D eigenvalue weighted by Gasteiger charge is -2.21. The van der Waals surface area contributed by atoms with Crippen LogP contribution in [0, 0.1) is 0 Å². The molecule has 0 fully saturated rings. The van der Waals surface area contributed by atoms with E-state index in [1.54, 1.807) is 0 Å². The Balaban J connectivity index is 4.62. The van der Waals surface area contributed by atoms with E-state index in [1.807, 2.05) is 0 Å². The third-order valence-electron chi connectivity index (χ3n) is 18.2. The number of ether oxygens (including phenoxy) is 3. The van der Waals surface area contributed by atoms with Gasteiger partial charge in [0.05, 0.1) is 26.4 Å². The summed E-state index contributed by atoms with van der Waals surface area (Å²) in [5.74, 6) is -1.61. The first-order valence-corrected chi connectivity index (χ1v) is 46.8. The van der Waals surface area contributed by atoms with Gasteiger partial charge in [-0.15, -0.1) is 0 Å². The van der Waals surface area contributed by atoms with Gasteiger partial charge in [0.25, 0.3) is 0 Å². The fourth-order valence-corrected chi connectivity index (χ4v) is 13.2. The molecule has 0 aliphatic heterocycles. The lowest BCUT2D eigenvalue weighted by Crippen LogP contribution is -2.30. The molecule has 0 aromatic rings. The molecule has 636 valence electrons. The Labute approximate surface area is 676 Å². The van der Waals surface area contributed by atoms with Crippen LogP contribution >= 0.6 is 15.6 Å². The van der Waals surface area contributed by atoms with Crippen molar-refractivity contribution in [2.45, 2.75) is 373 Å². The maximum atomic E-state index is 13.0. The van der Waals surface area contributed by atoms with Gasteiger partial charge in [-0.3, -0.25) is 32.5 Å². The second-order valence-electron chi connectivity index (χ2n) is 29.0. The minimum absolute atomic E-state index is 0.0605. The van der Waals surface area contributed by atoms with Gasteiger partial charge < -0.3 is 34.2 Å². The van der Waals surface area contributed by atoms with E-state index in [9.17, 15) is 43.5 Å². The summed E-state index contributed by atoms with van der Waals surface area (Å²) < 4.78 is 61.3. The fourth-order valence-electron chi connectivity index (χ4n) is 11.6. The standard InChI is InChI=1S/C93H158O16P2/c1-4-7-10-13-16-19-22-25-28-31-34-36-38-40-42-43-45-47-48-50-53-55-58-61-64-67-70-73-76-79-91(96)103-82-88(94)83-105-110(99,100)106-84-89(95)85-107-111(101,102)108-87-90(109-93(98)81-78-75-72-69-66-63-60-57-52-33-30-27-24-21-18-15-12-9-6-3)86-104-92(97)80-77-74-71-68-65-62-59-56-54-51-49-46-44-41-39-37-35-32-29-26-23-20-17-14-11-8-5-2/h9,12,16-21,25-30,34-37,40-42,44,52,57,63,66,88-90,94-95H,4-8,10-11,13-15,22-24,31-33,38-39,43,45-51,53-56,58-62,64-65,67-87H2,1-3H3,(H,99,100)(H,101,102)/b12-9-,19-16-,20-17-,21-18-,28-25-,29-26-,30-27-,36-34-,37-35-,42-40-,44-41-,57-52-,66-63-. The van der Waals surface area contributed by atoms with Crippen molar-refractivity contribution in [1.82, 2.24) is 0 Å². The van der Waals surface area contributed by atoms with E-state index in [2.05, 4.69) is 179 Å². The second kappa shape index (κ2) is 84.6. The molecule has 0 aromatic carbocycles. The molecule has 5 unspecified atom stereocenters. The van der Waals surface area contributed by atoms with Crippen LogP contribution in [0.5, 0.6) is 0 Å². The van der Waals surface area contributed by atoms with Crippen LogP contribution in [0.1, 0.15) is 355 Å². The summed E-state index contributed by atoms with van der Waals surface area (Å²) in [6, 6.07) is 0. The quantitative estimate of drug-likeness (QED) is 0.0146. The van der Waals surface area contributed by atoms with Gasteiger partial charge in [0.2, 0.25) is 0 Å². The lowest BCUT2D eigenvalue weighted by molar-refractivity contribution is -0.161. The molecule has 0 spiro atoms. The summed E-state index contributed by atoms with van der Waals surface area (Å²) in [5.41, 5.74) is 0. The van der Waals surface area contributed by atoms with Crippen molar-refractivity contribution in [1.29, 1.82) is 0 Å². The maximum Gasteiger partial charge on any atom is 0.472 e. The van der Waals surface area contributed by atoms with E-state index < -0.39 is 91.5 Å². The van der Waals surface area contributed by atoms with Gasteiger partial charge >= 0.3 is 33.6 Å². The highest BCUT2D eigenvalue weighted by atomic mass is 31.2. The SMILES string of the molecule is CC/C=C\C/C=C\C/C=C\C/C=C\C/C=C\CCCCCC(=O)OC(COC(=O)CCCCCCCCCCCCC/C=C\C/C=C\C/C=C\C/C=C\CCCCC)COP(=O)(O)OCC(O)COP(=O)(O)OCC(O)COC(=O)CCCCCCCCCCCCCCC/C=C\C/C=C\C/C=C\C/C=C\CCCCC. The van der Waals surface area contributed by atoms with Crippen molar-refractivity contribution in [2.24, 2.45) is 0 Å². The van der Waals surface area contributed by atoms with Crippen LogP contribution in [0.4, 0.5) is 0 Å². The van der Waals surface area contributed by atoms with Gasteiger partial charge in [-0.2, -0.15) is 0 Å². The molecule has 16 nitrogen and oxygen atoms in total. The van der Waals surface area contributed by atoms with Crippen molar-refractivity contribution >= 4 is 33.6 Å². The number of hydrogen-bond donors (Lipinski definition) is 4. The number of hydrogen-bond acceptors (Lipinski definition) is 14. The number of phosphoric acid groups is 2. The minimum Gasteiger partial charge on any atom is -0.463 e. The molecule has 0 aromatic heterocycles. The monoisotopic (exact) mass is 1590 g/mol. The predicted octanol–water partition coefficient (Wildman–Crippen LogP) is 26.5. The maximum absolute atomic E-state index is 13.0. The molecule has 0 amide bonds. The van der Waals surface area contributed by atoms with Gasteiger partial charge in [-0.25, -0.2) is 9.13 Å². The van der Waals surface area contributed by atoms with Crippen LogP contribution in [0.15, 0.2) is 158 Å². The van der Waals surface area contributed by atoms with E-state index >= 15 is 0 Å². The molecular formula is C93H158O16P2. The van der Waals surface area contributed by atoms with Crippen LogP contribution < -0.4 is 0 Å². The van der Waals surface area contributed by atoms with Crippen molar-refractivity contribution < 1.29 is 75.8 Å². The molecule has 5 atom stereocenters. The van der Waals surface area contributed by atoms with Crippen molar-refractivity contribution in [2.75, 3.05) is 39.6 Å². The molecule has 111 heavy (non-hydrogen) atoms. The zero-order chi connectivity index (χ0) is 80.8. The molecule has 0 saturated heterocycles. The summed E-state index contributed by atoms with van der Waals surface area (Å²) >= 11 is 0. The van der Waals surface area contributed by atoms with Gasteiger partial charge in [0.1, 0.15) is 25.4 Å². The number of aliphatic hydroxyl groups is 2. The normalized spacial score (nSPS) is 14.6. The van der Waals surface area contributed by atoms with Crippen LogP contribution in [-0.2, 0) is 55.8 Å². The molecule has 0 aliphatic carbocycles. The molecule has 0 aliphatic rings.